The Kier molecular flexibility index (Phi) is 6.24. The van der Waals surface area contributed by atoms with Crippen LogP contribution in [0, 0.1) is 18.3 Å². The fraction of sp³-hybridized carbons (Fsp3) is 0.520. The van der Waals surface area contributed by atoms with Gasteiger partial charge < -0.3 is 15.0 Å². The number of halogens is 2. The number of carbonyl (C=O) groups excluding carboxylic acids is 2. The van der Waals surface area contributed by atoms with Gasteiger partial charge >= 0.3 is 0 Å². The molecule has 5 nitrogen and oxygen atoms in total. The van der Waals surface area contributed by atoms with Crippen LogP contribution in [0.25, 0.3) is 0 Å². The van der Waals surface area contributed by atoms with Crippen molar-refractivity contribution < 1.29 is 23.1 Å². The summed E-state index contributed by atoms with van der Waals surface area (Å²) >= 11 is 1.76. The molecule has 1 aliphatic heterocycles. The summed E-state index contributed by atoms with van der Waals surface area (Å²) in [4.78, 5) is 30.4. The molecular weight excluding hydrogens is 446 g/mol. The molecule has 0 unspecified atom stereocenters. The van der Waals surface area contributed by atoms with Crippen LogP contribution in [0.2, 0.25) is 0 Å². The van der Waals surface area contributed by atoms with E-state index in [1.807, 2.05) is 29.2 Å². The maximum absolute atomic E-state index is 13.8. The van der Waals surface area contributed by atoms with E-state index in [-0.39, 0.29) is 18.5 Å². The lowest BCUT2D eigenvalue weighted by molar-refractivity contribution is -0.151. The number of thiophene rings is 1. The first kappa shape index (κ1) is 23.7. The summed E-state index contributed by atoms with van der Waals surface area (Å²) < 4.78 is 31.7. The summed E-state index contributed by atoms with van der Waals surface area (Å²) in [6, 6.07) is 9.65. The van der Waals surface area contributed by atoms with Crippen molar-refractivity contribution in [3.8, 4) is 5.75 Å². The third-order valence-electron chi connectivity index (χ3n) is 6.57. The molecule has 1 saturated carbocycles. The first-order valence-corrected chi connectivity index (χ1v) is 12.0. The Morgan fingerprint density at radius 1 is 1.27 bits per heavy atom. The second-order valence-corrected chi connectivity index (χ2v) is 11.1. The van der Waals surface area contributed by atoms with Crippen LogP contribution in [0.5, 0.6) is 5.75 Å². The van der Waals surface area contributed by atoms with E-state index in [1.165, 1.54) is 9.75 Å². The molecule has 8 heteroatoms. The van der Waals surface area contributed by atoms with Crippen molar-refractivity contribution in [3.63, 3.8) is 0 Å². The number of carbonyl (C=O) groups is 2. The quantitative estimate of drug-likeness (QED) is 0.656. The van der Waals surface area contributed by atoms with E-state index in [2.05, 4.69) is 18.3 Å². The smallest absolute Gasteiger partial charge is 0.249 e. The Labute approximate surface area is 197 Å². The first-order valence-electron chi connectivity index (χ1n) is 11.2. The second kappa shape index (κ2) is 8.70. The zero-order valence-corrected chi connectivity index (χ0v) is 20.2. The largest absolute Gasteiger partial charge is 0.497 e. The van der Waals surface area contributed by atoms with Crippen molar-refractivity contribution in [3.05, 3.63) is 51.2 Å². The predicted octanol–water partition coefficient (Wildman–Crippen LogP) is 4.73. The lowest BCUT2D eigenvalue weighted by Gasteiger charge is -2.41. The van der Waals surface area contributed by atoms with Crippen LogP contribution in [0.4, 0.5) is 8.78 Å². The summed E-state index contributed by atoms with van der Waals surface area (Å²) in [7, 11) is 1.62. The number of amides is 2. The molecule has 33 heavy (non-hydrogen) atoms. The molecule has 2 aliphatic rings. The zero-order valence-electron chi connectivity index (χ0n) is 19.4. The molecule has 0 spiro atoms. The third-order valence-corrected chi connectivity index (χ3v) is 7.69. The maximum atomic E-state index is 13.8. The molecule has 0 bridgehead atoms. The summed E-state index contributed by atoms with van der Waals surface area (Å²) in [6.45, 7) is 6.33. The van der Waals surface area contributed by atoms with Crippen molar-refractivity contribution in [1.82, 2.24) is 10.2 Å². The zero-order chi connectivity index (χ0) is 24.0. The maximum Gasteiger partial charge on any atom is 0.249 e. The van der Waals surface area contributed by atoms with E-state index in [4.69, 9.17) is 4.74 Å². The molecule has 1 atom stereocenters. The molecule has 1 aromatic carbocycles. The average Bonchev–Trinajstić information content (AvgIpc) is 3.14. The summed E-state index contributed by atoms with van der Waals surface area (Å²) in [5, 5.41) is 2.74. The van der Waals surface area contributed by atoms with Gasteiger partial charge in [-0.15, -0.1) is 11.3 Å². The van der Waals surface area contributed by atoms with Crippen LogP contribution in [-0.4, -0.2) is 42.8 Å². The molecule has 2 aromatic rings. The lowest BCUT2D eigenvalue weighted by atomic mass is 9.80. The van der Waals surface area contributed by atoms with Gasteiger partial charge in [-0.05, 0) is 56.5 Å². The standard InChI is InChI=1S/C25H30F2N2O3S/c1-15-10-19-20(33-15)8-9-29(21(19)16-6-5-7-18(11-16)32-4)23(31)24(2,3)14-28-22(30)17-12-25(26,27)13-17/h5-7,10-11,17,21H,8-9,12-14H2,1-4H3,(H,28,30)/t21-/m1/s1. The molecule has 4 rings (SSSR count). The number of hydrogen-bond acceptors (Lipinski definition) is 4. The van der Waals surface area contributed by atoms with Gasteiger partial charge in [-0.25, -0.2) is 8.78 Å². The Bertz CT molecular complexity index is 1060. The number of benzene rings is 1. The van der Waals surface area contributed by atoms with Gasteiger partial charge in [0, 0.05) is 41.6 Å². The molecule has 1 aromatic heterocycles. The molecule has 1 fully saturated rings. The SMILES string of the molecule is COc1cccc([C@@H]2c3cc(C)sc3CCN2C(=O)C(C)(C)CNC(=O)C2CC(F)(F)C2)c1. The molecule has 2 heterocycles. The number of alkyl halides is 2. The Hall–Kier alpha value is -2.48. The van der Waals surface area contributed by atoms with Gasteiger partial charge in [-0.1, -0.05) is 12.1 Å². The van der Waals surface area contributed by atoms with E-state index in [9.17, 15) is 18.4 Å². The van der Waals surface area contributed by atoms with Crippen molar-refractivity contribution in [2.75, 3.05) is 20.2 Å². The lowest BCUT2D eigenvalue weighted by Crippen LogP contribution is -2.52. The van der Waals surface area contributed by atoms with Crippen molar-refractivity contribution in [1.29, 1.82) is 0 Å². The topological polar surface area (TPSA) is 58.6 Å². The third kappa shape index (κ3) is 4.76. The Morgan fingerprint density at radius 2 is 2.00 bits per heavy atom. The first-order chi connectivity index (χ1) is 15.5. The van der Waals surface area contributed by atoms with E-state index < -0.39 is 36.0 Å². The van der Waals surface area contributed by atoms with Crippen molar-refractivity contribution in [2.45, 2.75) is 52.0 Å². The highest BCUT2D eigenvalue weighted by atomic mass is 32.1. The number of hydrogen-bond donors (Lipinski definition) is 1. The van der Waals surface area contributed by atoms with Gasteiger partial charge in [0.2, 0.25) is 17.7 Å². The summed E-state index contributed by atoms with van der Waals surface area (Å²) in [6.07, 6.45) is -0.0608. The molecule has 1 N–H and O–H groups in total. The monoisotopic (exact) mass is 476 g/mol. The van der Waals surface area contributed by atoms with E-state index in [0.717, 1.165) is 23.3 Å². The fourth-order valence-corrected chi connectivity index (χ4v) is 5.74. The average molecular weight is 477 g/mol. The van der Waals surface area contributed by atoms with Crippen LogP contribution < -0.4 is 10.1 Å². The van der Waals surface area contributed by atoms with Crippen LogP contribution >= 0.6 is 11.3 Å². The van der Waals surface area contributed by atoms with Crippen LogP contribution in [0.3, 0.4) is 0 Å². The summed E-state index contributed by atoms with van der Waals surface area (Å²) in [5.74, 6) is -3.18. The van der Waals surface area contributed by atoms with Crippen LogP contribution in [-0.2, 0) is 16.0 Å². The van der Waals surface area contributed by atoms with Crippen molar-refractivity contribution in [2.24, 2.45) is 11.3 Å². The number of methoxy groups -OCH3 is 1. The number of nitrogens with one attached hydrogen (secondary N) is 1. The molecule has 178 valence electrons. The number of rotatable bonds is 6. The van der Waals surface area contributed by atoms with E-state index in [1.54, 1.807) is 32.3 Å². The van der Waals surface area contributed by atoms with Gasteiger partial charge in [0.05, 0.1) is 18.6 Å². The van der Waals surface area contributed by atoms with E-state index in [0.29, 0.717) is 6.54 Å². The number of fused-ring (bicyclic) bond motifs is 1. The minimum atomic E-state index is -2.75. The molecule has 2 amide bonds. The van der Waals surface area contributed by atoms with Gasteiger partial charge in [0.15, 0.2) is 0 Å². The van der Waals surface area contributed by atoms with Crippen LogP contribution in [0.1, 0.15) is 53.6 Å². The highest BCUT2D eigenvalue weighted by Gasteiger charge is 2.49. The minimum absolute atomic E-state index is 0.0796. The molecule has 0 radical (unpaired) electrons. The van der Waals surface area contributed by atoms with Gasteiger partial charge in [0.25, 0.3) is 0 Å². The Morgan fingerprint density at radius 3 is 2.67 bits per heavy atom. The van der Waals surface area contributed by atoms with Gasteiger partial charge in [0.1, 0.15) is 5.75 Å². The Balaban J connectivity index is 1.56. The number of nitrogens with zero attached hydrogens (tertiary/aromatic N) is 1. The second-order valence-electron chi connectivity index (χ2n) is 9.73. The molecule has 1 aliphatic carbocycles. The minimum Gasteiger partial charge on any atom is -0.497 e. The highest BCUT2D eigenvalue weighted by Crippen LogP contribution is 2.43. The predicted molar refractivity (Wildman–Crippen MR) is 124 cm³/mol. The number of ether oxygens (including phenoxy) is 1. The van der Waals surface area contributed by atoms with Gasteiger partial charge in [-0.3, -0.25) is 9.59 Å². The molecular formula is C25H30F2N2O3S. The highest BCUT2D eigenvalue weighted by molar-refractivity contribution is 7.12. The number of aryl methyl sites for hydroxylation is 1. The molecule has 0 saturated heterocycles. The summed E-state index contributed by atoms with van der Waals surface area (Å²) in [5.41, 5.74) is 1.21. The fourth-order valence-electron chi connectivity index (χ4n) is 4.68. The normalized spacial score (nSPS) is 20.1. The van der Waals surface area contributed by atoms with E-state index >= 15 is 0 Å². The van der Waals surface area contributed by atoms with Crippen molar-refractivity contribution >= 4 is 23.2 Å². The van der Waals surface area contributed by atoms with Crippen LogP contribution in [0.15, 0.2) is 30.3 Å². The van der Waals surface area contributed by atoms with Gasteiger partial charge in [-0.2, -0.15) is 0 Å².